The fraction of sp³-hybridized carbons (Fsp3) is 0.533. The summed E-state index contributed by atoms with van der Waals surface area (Å²) in [6.07, 6.45) is 7.14. The maximum absolute atomic E-state index is 12.1. The second kappa shape index (κ2) is 11.7. The average molecular weight is 465 g/mol. The Morgan fingerprint density at radius 1 is 0.971 bits per heavy atom. The minimum atomic E-state index is -0.832. The lowest BCUT2D eigenvalue weighted by Gasteiger charge is -2.37. The molecule has 0 unspecified atom stereocenters. The minimum Gasteiger partial charge on any atom is -0.481 e. The Bertz CT molecular complexity index is 929. The van der Waals surface area contributed by atoms with E-state index in [0.717, 1.165) is 29.9 Å². The van der Waals surface area contributed by atoms with Crippen LogP contribution in [0.3, 0.4) is 0 Å². The van der Waals surface area contributed by atoms with E-state index in [0.29, 0.717) is 29.9 Å². The molecule has 2 aromatic rings. The largest absolute Gasteiger partial charge is 0.481 e. The molecule has 0 spiro atoms. The van der Waals surface area contributed by atoms with Crippen LogP contribution >= 0.6 is 0 Å². The summed E-state index contributed by atoms with van der Waals surface area (Å²) in [5.41, 5.74) is 3.91. The Balaban J connectivity index is 1.62. The van der Waals surface area contributed by atoms with E-state index in [9.17, 15) is 14.7 Å². The van der Waals surface area contributed by atoms with Crippen molar-refractivity contribution < 1.29 is 19.4 Å². The first kappa shape index (κ1) is 26.0. The molecule has 0 aromatic heterocycles. The van der Waals surface area contributed by atoms with Gasteiger partial charge in [-0.25, -0.2) is 4.79 Å². The molecule has 0 amide bonds. The number of ether oxygens (including phenoxy) is 1. The van der Waals surface area contributed by atoms with E-state index >= 15 is 0 Å². The predicted molar refractivity (Wildman–Crippen MR) is 136 cm³/mol. The lowest BCUT2D eigenvalue weighted by atomic mass is 9.68. The monoisotopic (exact) mass is 464 g/mol. The van der Waals surface area contributed by atoms with Gasteiger partial charge in [0.05, 0.1) is 18.1 Å². The highest BCUT2D eigenvalue weighted by Gasteiger charge is 2.30. The third-order valence-electron chi connectivity index (χ3n) is 7.42. The topological polar surface area (TPSA) is 63.6 Å². The van der Waals surface area contributed by atoms with Crippen LogP contribution in [0.25, 0.3) is 0 Å². The summed E-state index contributed by atoms with van der Waals surface area (Å²) in [5.74, 6) is -0.430. The molecule has 1 fully saturated rings. The van der Waals surface area contributed by atoms with Gasteiger partial charge < -0.3 is 9.84 Å². The van der Waals surface area contributed by atoms with Gasteiger partial charge in [0.25, 0.3) is 0 Å². The van der Waals surface area contributed by atoms with Crippen molar-refractivity contribution in [3.8, 4) is 0 Å². The molecule has 34 heavy (non-hydrogen) atoms. The van der Waals surface area contributed by atoms with E-state index < -0.39 is 11.9 Å². The Morgan fingerprint density at radius 2 is 1.59 bits per heavy atom. The fourth-order valence-corrected chi connectivity index (χ4v) is 5.05. The highest BCUT2D eigenvalue weighted by Crippen LogP contribution is 2.43. The summed E-state index contributed by atoms with van der Waals surface area (Å²) in [7, 11) is 0. The van der Waals surface area contributed by atoms with Crippen LogP contribution in [0, 0.1) is 11.3 Å². The van der Waals surface area contributed by atoms with Crippen molar-refractivity contribution in [1.82, 2.24) is 0 Å². The zero-order chi connectivity index (χ0) is 24.7. The molecular weight excluding hydrogens is 424 g/mol. The molecule has 1 aliphatic carbocycles. The second-order valence-electron chi connectivity index (χ2n) is 10.9. The maximum atomic E-state index is 12.1. The van der Waals surface area contributed by atoms with E-state index in [-0.39, 0.29) is 5.97 Å². The number of unbranched alkanes of at least 4 members (excludes halogenated alkanes) is 1. The number of hydrogen-bond donors (Lipinski definition) is 1. The third kappa shape index (κ3) is 6.94. The lowest BCUT2D eigenvalue weighted by molar-refractivity contribution is -0.138. The van der Waals surface area contributed by atoms with Gasteiger partial charge in [0.15, 0.2) is 0 Å². The molecule has 0 aliphatic heterocycles. The zero-order valence-corrected chi connectivity index (χ0v) is 21.2. The highest BCUT2D eigenvalue weighted by atomic mass is 16.5. The number of carbonyl (C=O) groups is 2. The van der Waals surface area contributed by atoms with Gasteiger partial charge in [-0.3, -0.25) is 4.79 Å². The smallest absolute Gasteiger partial charge is 0.338 e. The normalized spacial score (nSPS) is 19.4. The van der Waals surface area contributed by atoms with Crippen LogP contribution in [0.15, 0.2) is 48.5 Å². The summed E-state index contributed by atoms with van der Waals surface area (Å²) in [4.78, 5) is 24.2. The van der Waals surface area contributed by atoms with Crippen LogP contribution in [0.2, 0.25) is 0 Å². The molecule has 184 valence electrons. The Labute approximate surface area is 204 Å². The number of aliphatic carboxylic acids is 1. The summed E-state index contributed by atoms with van der Waals surface area (Å²) in [6.45, 7) is 9.49. The van der Waals surface area contributed by atoms with E-state index in [2.05, 4.69) is 32.9 Å². The van der Waals surface area contributed by atoms with Crippen molar-refractivity contribution in [2.75, 3.05) is 6.61 Å². The van der Waals surface area contributed by atoms with Gasteiger partial charge in [-0.1, -0.05) is 70.5 Å². The Morgan fingerprint density at radius 3 is 2.12 bits per heavy atom. The zero-order valence-electron chi connectivity index (χ0n) is 21.2. The lowest BCUT2D eigenvalue weighted by Crippen LogP contribution is -2.25. The van der Waals surface area contributed by atoms with Crippen LogP contribution in [-0.4, -0.2) is 23.7 Å². The van der Waals surface area contributed by atoms with Gasteiger partial charge in [-0.2, -0.15) is 0 Å². The molecule has 3 rings (SSSR count). The van der Waals surface area contributed by atoms with E-state index in [4.69, 9.17) is 4.74 Å². The van der Waals surface area contributed by atoms with Crippen molar-refractivity contribution in [3.05, 3.63) is 70.8 Å². The van der Waals surface area contributed by atoms with Crippen molar-refractivity contribution in [2.45, 2.75) is 84.5 Å². The van der Waals surface area contributed by atoms with Crippen LogP contribution < -0.4 is 0 Å². The number of carboxylic acid groups (broad SMARTS) is 1. The molecule has 1 saturated carbocycles. The van der Waals surface area contributed by atoms with Gasteiger partial charge >= 0.3 is 11.9 Å². The van der Waals surface area contributed by atoms with Crippen LogP contribution in [-0.2, 0) is 16.0 Å². The van der Waals surface area contributed by atoms with Crippen molar-refractivity contribution in [3.63, 3.8) is 0 Å². The first-order chi connectivity index (χ1) is 16.2. The molecule has 2 aromatic carbocycles. The van der Waals surface area contributed by atoms with E-state index in [1.54, 1.807) is 12.1 Å². The number of carbonyl (C=O) groups excluding carboxylic acids is 1. The summed E-state index contributed by atoms with van der Waals surface area (Å²) in [5, 5.41) is 9.90. The van der Waals surface area contributed by atoms with Gasteiger partial charge in [0.2, 0.25) is 0 Å². The van der Waals surface area contributed by atoms with Gasteiger partial charge in [-0.05, 0) is 84.6 Å². The molecule has 1 N–H and O–H groups in total. The average Bonchev–Trinajstić information content (AvgIpc) is 2.82. The quantitative estimate of drug-likeness (QED) is 0.311. The van der Waals surface area contributed by atoms with Gasteiger partial charge in [0, 0.05) is 0 Å². The fourth-order valence-electron chi connectivity index (χ4n) is 5.05. The second-order valence-corrected chi connectivity index (χ2v) is 10.9. The maximum Gasteiger partial charge on any atom is 0.338 e. The van der Waals surface area contributed by atoms with Crippen LogP contribution in [0.5, 0.6) is 0 Å². The number of carboxylic acids is 1. The van der Waals surface area contributed by atoms with Crippen molar-refractivity contribution in [2.24, 2.45) is 11.3 Å². The molecule has 0 bridgehead atoms. The molecular formula is C30H40O4. The third-order valence-corrected chi connectivity index (χ3v) is 7.42. The number of esters is 1. The first-order valence-electron chi connectivity index (χ1n) is 12.8. The van der Waals surface area contributed by atoms with Crippen molar-refractivity contribution in [1.29, 1.82) is 0 Å². The highest BCUT2D eigenvalue weighted by molar-refractivity contribution is 5.89. The number of benzene rings is 2. The Hall–Kier alpha value is -2.62. The molecule has 4 heteroatoms. The van der Waals surface area contributed by atoms with Gasteiger partial charge in [0.1, 0.15) is 0 Å². The summed E-state index contributed by atoms with van der Waals surface area (Å²) >= 11 is 0. The van der Waals surface area contributed by atoms with Gasteiger partial charge in [-0.15, -0.1) is 0 Å². The molecule has 1 aliphatic rings. The molecule has 1 atom stereocenters. The Kier molecular flexibility index (Phi) is 8.93. The molecule has 0 heterocycles. The molecule has 4 nitrogen and oxygen atoms in total. The van der Waals surface area contributed by atoms with Crippen LogP contribution in [0.1, 0.15) is 105 Å². The van der Waals surface area contributed by atoms with E-state index in [1.807, 2.05) is 31.2 Å². The molecule has 0 saturated heterocycles. The summed E-state index contributed by atoms with van der Waals surface area (Å²) < 4.78 is 5.25. The van der Waals surface area contributed by atoms with E-state index in [1.165, 1.54) is 31.2 Å². The first-order valence-corrected chi connectivity index (χ1v) is 12.8. The van der Waals surface area contributed by atoms with Crippen molar-refractivity contribution >= 4 is 11.9 Å². The molecule has 0 radical (unpaired) electrons. The summed E-state index contributed by atoms with van der Waals surface area (Å²) in [6, 6.07) is 15.3. The number of hydrogen-bond acceptors (Lipinski definition) is 3. The SMILES string of the molecule is CCCCOC(=O)c1ccc(C[C@@H](C(=O)O)c2ccc(C3CCC(C(C)(C)C)CC3)cc2)cc1. The standard InChI is InChI=1S/C30H40O4/c1-5-6-19-34-29(33)25-9-7-21(8-10-25)20-27(28(31)32)24-13-11-22(12-14-24)23-15-17-26(18-16-23)30(2,3)4/h7-14,23,26-27H,5-6,15-20H2,1-4H3,(H,31,32)/t23?,26?,27-/m1/s1. The number of rotatable bonds is 9. The minimum absolute atomic E-state index is 0.332. The van der Waals surface area contributed by atoms with Crippen LogP contribution in [0.4, 0.5) is 0 Å². The predicted octanol–water partition coefficient (Wildman–Crippen LogP) is 7.37.